The average Bonchev–Trinajstić information content (AvgIpc) is 3.28. The van der Waals surface area contributed by atoms with Gasteiger partial charge in [-0.25, -0.2) is 15.0 Å². The van der Waals surface area contributed by atoms with Crippen molar-refractivity contribution in [2.45, 2.75) is 6.42 Å². The maximum absolute atomic E-state index is 12.9. The van der Waals surface area contributed by atoms with Crippen molar-refractivity contribution < 1.29 is 13.6 Å². The Bertz CT molecular complexity index is 831. The number of furan rings is 1. The van der Waals surface area contributed by atoms with Gasteiger partial charge in [0.2, 0.25) is 11.7 Å². The van der Waals surface area contributed by atoms with Crippen LogP contribution in [0.15, 0.2) is 52.1 Å². The minimum absolute atomic E-state index is 0.156. The van der Waals surface area contributed by atoms with Gasteiger partial charge in [0.25, 0.3) is 5.91 Å². The molecule has 25 heavy (non-hydrogen) atoms. The smallest absolute Gasteiger partial charge is 0.276 e. The zero-order valence-electron chi connectivity index (χ0n) is 13.5. The van der Waals surface area contributed by atoms with Crippen LogP contribution in [0.1, 0.15) is 16.9 Å². The molecule has 1 aliphatic rings. The monoisotopic (exact) mass is 339 g/mol. The predicted molar refractivity (Wildman–Crippen MR) is 89.0 cm³/mol. The first kappa shape index (κ1) is 15.4. The summed E-state index contributed by atoms with van der Waals surface area (Å²) in [6.45, 7) is 2.69. The Hall–Kier alpha value is -3.16. The average molecular weight is 339 g/mol. The number of rotatable bonds is 3. The summed E-state index contributed by atoms with van der Waals surface area (Å²) in [5, 5.41) is 0. The van der Waals surface area contributed by atoms with Gasteiger partial charge in [0.05, 0.1) is 6.26 Å². The van der Waals surface area contributed by atoms with Crippen molar-refractivity contribution in [3.63, 3.8) is 0 Å². The van der Waals surface area contributed by atoms with E-state index in [4.69, 9.17) is 8.83 Å². The van der Waals surface area contributed by atoms with Gasteiger partial charge in [-0.2, -0.15) is 0 Å². The van der Waals surface area contributed by atoms with Gasteiger partial charge < -0.3 is 18.6 Å². The molecule has 128 valence electrons. The first-order valence-electron chi connectivity index (χ1n) is 8.11. The molecule has 0 N–H and O–H groups in total. The lowest BCUT2D eigenvalue weighted by Crippen LogP contribution is -2.36. The van der Waals surface area contributed by atoms with E-state index in [0.29, 0.717) is 37.1 Å². The van der Waals surface area contributed by atoms with Crippen molar-refractivity contribution in [2.75, 3.05) is 31.1 Å². The third kappa shape index (κ3) is 3.10. The minimum atomic E-state index is -0.156. The minimum Gasteiger partial charge on any atom is -0.461 e. The van der Waals surface area contributed by atoms with Crippen LogP contribution in [-0.4, -0.2) is 51.9 Å². The largest absolute Gasteiger partial charge is 0.461 e. The Morgan fingerprint density at radius 1 is 1.00 bits per heavy atom. The van der Waals surface area contributed by atoms with Crippen molar-refractivity contribution in [3.05, 3.63) is 48.9 Å². The first-order chi connectivity index (χ1) is 12.3. The van der Waals surface area contributed by atoms with Gasteiger partial charge >= 0.3 is 0 Å². The van der Waals surface area contributed by atoms with Crippen LogP contribution in [-0.2, 0) is 0 Å². The molecular weight excluding hydrogens is 322 g/mol. The molecule has 8 nitrogen and oxygen atoms in total. The summed E-state index contributed by atoms with van der Waals surface area (Å²) in [6.07, 6.45) is 7.09. The molecule has 4 rings (SSSR count). The van der Waals surface area contributed by atoms with Crippen LogP contribution in [0, 0.1) is 0 Å². The van der Waals surface area contributed by atoms with Gasteiger partial charge in [0.15, 0.2) is 17.8 Å². The van der Waals surface area contributed by atoms with E-state index in [2.05, 4.69) is 19.9 Å². The number of aromatic nitrogens is 3. The van der Waals surface area contributed by atoms with Crippen LogP contribution in [0.3, 0.4) is 0 Å². The molecule has 0 saturated carbocycles. The van der Waals surface area contributed by atoms with Gasteiger partial charge in [-0.1, -0.05) is 0 Å². The number of carbonyl (C=O) groups excluding carboxylic acids is 1. The lowest BCUT2D eigenvalue weighted by Gasteiger charge is -2.21. The Kier molecular flexibility index (Phi) is 4.16. The molecule has 0 aliphatic carbocycles. The Balaban J connectivity index is 1.50. The first-order valence-corrected chi connectivity index (χ1v) is 8.11. The summed E-state index contributed by atoms with van der Waals surface area (Å²) in [7, 11) is 0. The topological polar surface area (TPSA) is 88.5 Å². The fraction of sp³-hybridized carbons (Fsp3) is 0.294. The van der Waals surface area contributed by atoms with E-state index in [1.165, 1.54) is 12.7 Å². The SMILES string of the molecule is O=C(c1ncoc1-c1ccco1)N1CCCN(c2ncccn2)CC1. The molecule has 0 spiro atoms. The Morgan fingerprint density at radius 2 is 1.88 bits per heavy atom. The molecule has 4 heterocycles. The molecule has 3 aromatic heterocycles. The zero-order chi connectivity index (χ0) is 17.1. The van der Waals surface area contributed by atoms with Crippen LogP contribution in [0.25, 0.3) is 11.5 Å². The molecular formula is C17H17N5O3. The third-order valence-corrected chi connectivity index (χ3v) is 4.13. The molecule has 0 unspecified atom stereocenters. The molecule has 0 radical (unpaired) electrons. The van der Waals surface area contributed by atoms with Crippen molar-refractivity contribution in [1.29, 1.82) is 0 Å². The highest BCUT2D eigenvalue weighted by Crippen LogP contribution is 2.25. The number of hydrogen-bond donors (Lipinski definition) is 0. The fourth-order valence-corrected chi connectivity index (χ4v) is 2.91. The van der Waals surface area contributed by atoms with E-state index in [1.54, 1.807) is 35.5 Å². The maximum Gasteiger partial charge on any atom is 0.276 e. The summed E-state index contributed by atoms with van der Waals surface area (Å²) in [6, 6.07) is 5.28. The highest BCUT2D eigenvalue weighted by Gasteiger charge is 2.27. The molecule has 1 aliphatic heterocycles. The fourth-order valence-electron chi connectivity index (χ4n) is 2.91. The van der Waals surface area contributed by atoms with Crippen LogP contribution in [0.4, 0.5) is 5.95 Å². The summed E-state index contributed by atoms with van der Waals surface area (Å²) in [5.74, 6) is 1.39. The van der Waals surface area contributed by atoms with Crippen molar-refractivity contribution in [1.82, 2.24) is 19.9 Å². The van der Waals surface area contributed by atoms with E-state index in [0.717, 1.165) is 13.0 Å². The van der Waals surface area contributed by atoms with Crippen molar-refractivity contribution in [2.24, 2.45) is 0 Å². The maximum atomic E-state index is 12.9. The van der Waals surface area contributed by atoms with E-state index < -0.39 is 0 Å². The highest BCUT2D eigenvalue weighted by atomic mass is 16.4. The van der Waals surface area contributed by atoms with E-state index >= 15 is 0 Å². The van der Waals surface area contributed by atoms with Gasteiger partial charge in [0.1, 0.15) is 0 Å². The molecule has 8 heteroatoms. The van der Waals surface area contributed by atoms with E-state index in [1.807, 2.05) is 0 Å². The normalized spacial score (nSPS) is 15.2. The number of carbonyl (C=O) groups is 1. The second kappa shape index (κ2) is 6.76. The Morgan fingerprint density at radius 3 is 2.68 bits per heavy atom. The molecule has 0 aromatic carbocycles. The summed E-state index contributed by atoms with van der Waals surface area (Å²) >= 11 is 0. The standard InChI is InChI=1S/C17H17N5O3/c23-16(14-15(25-12-20-14)13-4-1-11-24-13)21-7-3-8-22(10-9-21)17-18-5-2-6-19-17/h1-2,4-6,11-12H,3,7-10H2. The molecule has 1 amide bonds. The van der Waals surface area contributed by atoms with Crippen LogP contribution >= 0.6 is 0 Å². The predicted octanol–water partition coefficient (Wildman–Crippen LogP) is 2.08. The lowest BCUT2D eigenvalue weighted by atomic mass is 10.2. The summed E-state index contributed by atoms with van der Waals surface area (Å²) in [5.41, 5.74) is 0.277. The van der Waals surface area contributed by atoms with Crippen molar-refractivity contribution >= 4 is 11.9 Å². The molecule has 0 atom stereocenters. The highest BCUT2D eigenvalue weighted by molar-refractivity contribution is 5.97. The third-order valence-electron chi connectivity index (χ3n) is 4.13. The van der Waals surface area contributed by atoms with Gasteiger partial charge in [0, 0.05) is 38.6 Å². The lowest BCUT2D eigenvalue weighted by molar-refractivity contribution is 0.0762. The van der Waals surface area contributed by atoms with Gasteiger partial charge in [-0.15, -0.1) is 0 Å². The zero-order valence-corrected chi connectivity index (χ0v) is 13.5. The molecule has 3 aromatic rings. The number of nitrogens with zero attached hydrogens (tertiary/aromatic N) is 5. The molecule has 1 fully saturated rings. The molecule has 1 saturated heterocycles. The summed E-state index contributed by atoms with van der Waals surface area (Å²) < 4.78 is 10.7. The van der Waals surface area contributed by atoms with E-state index in [-0.39, 0.29) is 11.6 Å². The number of anilines is 1. The van der Waals surface area contributed by atoms with Crippen LogP contribution < -0.4 is 4.90 Å². The number of hydrogen-bond acceptors (Lipinski definition) is 7. The van der Waals surface area contributed by atoms with Gasteiger partial charge in [-0.3, -0.25) is 4.79 Å². The second-order valence-electron chi connectivity index (χ2n) is 5.69. The summed E-state index contributed by atoms with van der Waals surface area (Å²) in [4.78, 5) is 29.4. The van der Waals surface area contributed by atoms with Crippen molar-refractivity contribution in [3.8, 4) is 11.5 Å². The quantitative estimate of drug-likeness (QED) is 0.722. The van der Waals surface area contributed by atoms with Crippen LogP contribution in [0.5, 0.6) is 0 Å². The number of oxazole rings is 1. The Labute approximate surface area is 144 Å². The number of amides is 1. The molecule has 0 bridgehead atoms. The van der Waals surface area contributed by atoms with E-state index in [9.17, 15) is 4.79 Å². The van der Waals surface area contributed by atoms with Crippen LogP contribution in [0.2, 0.25) is 0 Å². The second-order valence-corrected chi connectivity index (χ2v) is 5.69. The van der Waals surface area contributed by atoms with Gasteiger partial charge in [-0.05, 0) is 24.6 Å².